The van der Waals surface area contributed by atoms with E-state index in [-0.39, 0.29) is 5.82 Å². The molecule has 0 unspecified atom stereocenters. The number of nitrogens with zero attached hydrogens (tertiary/aromatic N) is 2. The number of aryl methyl sites for hydroxylation is 1. The lowest BCUT2D eigenvalue weighted by atomic mass is 10.2. The van der Waals surface area contributed by atoms with Crippen LogP contribution in [0.2, 0.25) is 0 Å². The van der Waals surface area contributed by atoms with Gasteiger partial charge in [0.15, 0.2) is 0 Å². The van der Waals surface area contributed by atoms with Gasteiger partial charge in [0, 0.05) is 18.5 Å². The Balaban J connectivity index is 2.04. The first kappa shape index (κ1) is 14.0. The summed E-state index contributed by atoms with van der Waals surface area (Å²) < 4.78 is 20.3. The van der Waals surface area contributed by atoms with Gasteiger partial charge in [-0.2, -0.15) is 5.10 Å². The van der Waals surface area contributed by atoms with Gasteiger partial charge in [0.05, 0.1) is 12.6 Å². The minimum atomic E-state index is -0.453. The molecular formula is C12H13FIN3O2. The molecule has 0 saturated carbocycles. The van der Waals surface area contributed by atoms with Crippen molar-refractivity contribution in [3.63, 3.8) is 0 Å². The van der Waals surface area contributed by atoms with Crippen molar-refractivity contribution < 1.29 is 13.9 Å². The highest BCUT2D eigenvalue weighted by molar-refractivity contribution is 14.1. The Hall–Kier alpha value is -1.38. The van der Waals surface area contributed by atoms with Crippen molar-refractivity contribution in [1.29, 1.82) is 0 Å². The smallest absolute Gasteiger partial charge is 0.406 e. The van der Waals surface area contributed by atoms with E-state index in [1.54, 1.807) is 10.7 Å². The molecule has 102 valence electrons. The number of halogens is 2. The SMILES string of the molecule is COC(=O)NCCCn1nc(I)c2ccc(F)cc21. The van der Waals surface area contributed by atoms with Gasteiger partial charge in [0.1, 0.15) is 9.52 Å². The van der Waals surface area contributed by atoms with E-state index in [4.69, 9.17) is 0 Å². The summed E-state index contributed by atoms with van der Waals surface area (Å²) in [6, 6.07) is 4.62. The second kappa shape index (κ2) is 6.18. The number of carbonyl (C=O) groups excluding carboxylic acids is 1. The Morgan fingerprint density at radius 2 is 2.37 bits per heavy atom. The summed E-state index contributed by atoms with van der Waals surface area (Å²) in [6.45, 7) is 1.09. The summed E-state index contributed by atoms with van der Waals surface area (Å²) in [5, 5.41) is 7.88. The predicted octanol–water partition coefficient (Wildman–Crippen LogP) is 2.53. The molecule has 2 aromatic rings. The Morgan fingerprint density at radius 3 is 3.11 bits per heavy atom. The normalized spacial score (nSPS) is 10.7. The van der Waals surface area contributed by atoms with Crippen molar-refractivity contribution in [3.8, 4) is 0 Å². The topological polar surface area (TPSA) is 56.1 Å². The lowest BCUT2D eigenvalue weighted by Gasteiger charge is -2.05. The molecule has 1 amide bonds. The minimum Gasteiger partial charge on any atom is -0.453 e. The third-order valence-corrected chi connectivity index (χ3v) is 3.47. The number of fused-ring (bicyclic) bond motifs is 1. The van der Waals surface area contributed by atoms with E-state index in [9.17, 15) is 9.18 Å². The highest BCUT2D eigenvalue weighted by atomic mass is 127. The van der Waals surface area contributed by atoms with Gasteiger partial charge in [-0.1, -0.05) is 0 Å². The van der Waals surface area contributed by atoms with Gasteiger partial charge in [0.2, 0.25) is 0 Å². The fourth-order valence-corrected chi connectivity index (χ4v) is 2.48. The molecule has 0 saturated heterocycles. The molecule has 1 aromatic heterocycles. The second-order valence-corrected chi connectivity index (χ2v) is 4.97. The molecule has 0 atom stereocenters. The second-order valence-electron chi connectivity index (χ2n) is 3.95. The molecule has 0 aliphatic carbocycles. The summed E-state index contributed by atoms with van der Waals surface area (Å²) >= 11 is 2.12. The third kappa shape index (κ3) is 3.34. The molecule has 1 aromatic carbocycles. The fraction of sp³-hybridized carbons (Fsp3) is 0.333. The molecule has 0 bridgehead atoms. The first-order valence-corrected chi connectivity index (χ1v) is 6.83. The molecule has 0 radical (unpaired) electrons. The molecule has 1 heterocycles. The summed E-state index contributed by atoms with van der Waals surface area (Å²) in [5.41, 5.74) is 0.766. The number of rotatable bonds is 4. The number of aromatic nitrogens is 2. The first-order valence-electron chi connectivity index (χ1n) is 5.75. The van der Waals surface area contributed by atoms with Crippen molar-refractivity contribution >= 4 is 39.6 Å². The first-order chi connectivity index (χ1) is 9.11. The van der Waals surface area contributed by atoms with Crippen LogP contribution in [0.25, 0.3) is 10.9 Å². The maximum atomic E-state index is 13.2. The zero-order chi connectivity index (χ0) is 13.8. The van der Waals surface area contributed by atoms with Crippen molar-refractivity contribution in [2.24, 2.45) is 0 Å². The van der Waals surface area contributed by atoms with Crippen LogP contribution < -0.4 is 5.32 Å². The molecule has 0 aliphatic heterocycles. The molecule has 0 spiro atoms. The number of hydrogen-bond acceptors (Lipinski definition) is 3. The maximum Gasteiger partial charge on any atom is 0.406 e. The van der Waals surface area contributed by atoms with Crippen LogP contribution >= 0.6 is 22.6 Å². The van der Waals surface area contributed by atoms with E-state index in [0.29, 0.717) is 19.5 Å². The number of methoxy groups -OCH3 is 1. The van der Waals surface area contributed by atoms with Crippen molar-refractivity contribution in [2.45, 2.75) is 13.0 Å². The van der Waals surface area contributed by atoms with E-state index >= 15 is 0 Å². The largest absolute Gasteiger partial charge is 0.453 e. The van der Waals surface area contributed by atoms with Crippen LogP contribution in [-0.4, -0.2) is 29.5 Å². The summed E-state index contributed by atoms with van der Waals surface area (Å²) in [5.74, 6) is -0.280. The van der Waals surface area contributed by atoms with E-state index < -0.39 is 6.09 Å². The third-order valence-electron chi connectivity index (χ3n) is 2.67. The van der Waals surface area contributed by atoms with Gasteiger partial charge < -0.3 is 10.1 Å². The number of alkyl carbamates (subject to hydrolysis) is 1. The number of amides is 1. The van der Waals surface area contributed by atoms with Crippen LogP contribution in [0.1, 0.15) is 6.42 Å². The monoisotopic (exact) mass is 377 g/mol. The number of benzene rings is 1. The number of hydrogen-bond donors (Lipinski definition) is 1. The molecule has 19 heavy (non-hydrogen) atoms. The number of ether oxygens (including phenoxy) is 1. The van der Waals surface area contributed by atoms with Gasteiger partial charge in [-0.05, 0) is 47.2 Å². The summed E-state index contributed by atoms with van der Waals surface area (Å²) in [4.78, 5) is 10.9. The molecule has 2 rings (SSSR count). The predicted molar refractivity (Wildman–Crippen MR) is 77.4 cm³/mol. The Kier molecular flexibility index (Phi) is 4.56. The summed E-state index contributed by atoms with van der Waals surface area (Å²) in [6.07, 6.45) is 0.240. The number of carbonyl (C=O) groups is 1. The van der Waals surface area contributed by atoms with Crippen LogP contribution in [0.15, 0.2) is 18.2 Å². The van der Waals surface area contributed by atoms with Crippen LogP contribution in [-0.2, 0) is 11.3 Å². The fourth-order valence-electron chi connectivity index (χ4n) is 1.77. The standard InChI is InChI=1S/C12H13FIN3O2/c1-19-12(18)15-5-2-6-17-10-7-8(13)3-4-9(10)11(14)16-17/h3-4,7H,2,5-6H2,1H3,(H,15,18). The maximum absolute atomic E-state index is 13.2. The van der Waals surface area contributed by atoms with E-state index in [1.165, 1.54) is 19.2 Å². The van der Waals surface area contributed by atoms with Gasteiger partial charge >= 0.3 is 6.09 Å². The van der Waals surface area contributed by atoms with Crippen LogP contribution in [0.3, 0.4) is 0 Å². The van der Waals surface area contributed by atoms with Gasteiger partial charge in [-0.25, -0.2) is 9.18 Å². The Bertz CT molecular complexity index is 600. The van der Waals surface area contributed by atoms with E-state index in [0.717, 1.165) is 14.6 Å². The minimum absolute atomic E-state index is 0.280. The Labute approximate surface area is 123 Å². The summed E-state index contributed by atoms with van der Waals surface area (Å²) in [7, 11) is 1.32. The Morgan fingerprint density at radius 1 is 1.58 bits per heavy atom. The van der Waals surface area contributed by atoms with Gasteiger partial charge in [0.25, 0.3) is 0 Å². The zero-order valence-corrected chi connectivity index (χ0v) is 12.5. The van der Waals surface area contributed by atoms with Gasteiger partial charge in [-0.3, -0.25) is 4.68 Å². The highest BCUT2D eigenvalue weighted by Crippen LogP contribution is 2.21. The molecule has 0 aliphatic rings. The van der Waals surface area contributed by atoms with E-state index in [2.05, 4.69) is 37.7 Å². The zero-order valence-electron chi connectivity index (χ0n) is 10.3. The lowest BCUT2D eigenvalue weighted by Crippen LogP contribution is -2.24. The highest BCUT2D eigenvalue weighted by Gasteiger charge is 2.09. The van der Waals surface area contributed by atoms with Crippen LogP contribution in [0.5, 0.6) is 0 Å². The molecule has 5 nitrogen and oxygen atoms in total. The molecular weight excluding hydrogens is 364 g/mol. The number of nitrogens with one attached hydrogen (secondary N) is 1. The van der Waals surface area contributed by atoms with Crippen molar-refractivity contribution in [3.05, 3.63) is 27.7 Å². The van der Waals surface area contributed by atoms with Crippen LogP contribution in [0.4, 0.5) is 9.18 Å². The van der Waals surface area contributed by atoms with Crippen molar-refractivity contribution in [1.82, 2.24) is 15.1 Å². The van der Waals surface area contributed by atoms with Crippen LogP contribution in [0, 0.1) is 9.52 Å². The van der Waals surface area contributed by atoms with E-state index in [1.807, 2.05) is 0 Å². The molecule has 7 heteroatoms. The van der Waals surface area contributed by atoms with Gasteiger partial charge in [-0.15, -0.1) is 0 Å². The average Bonchev–Trinajstić information content (AvgIpc) is 2.70. The average molecular weight is 377 g/mol. The molecule has 1 N–H and O–H groups in total. The quantitative estimate of drug-likeness (QED) is 0.658. The lowest BCUT2D eigenvalue weighted by molar-refractivity contribution is 0.170. The van der Waals surface area contributed by atoms with Crippen molar-refractivity contribution in [2.75, 3.05) is 13.7 Å². The molecule has 0 fully saturated rings.